The number of aromatic carboxylic acids is 1. The Labute approximate surface area is 164 Å². The van der Waals surface area contributed by atoms with E-state index in [-0.39, 0.29) is 29.1 Å². The van der Waals surface area contributed by atoms with Gasteiger partial charge < -0.3 is 15.1 Å². The van der Waals surface area contributed by atoms with Gasteiger partial charge in [0.15, 0.2) is 0 Å². The van der Waals surface area contributed by atoms with E-state index in [2.05, 4.69) is 0 Å². The zero-order chi connectivity index (χ0) is 20.4. The van der Waals surface area contributed by atoms with Crippen molar-refractivity contribution >= 4 is 46.2 Å². The number of hydrogen-bond donors (Lipinski definition) is 2. The first-order chi connectivity index (χ1) is 13.3. The van der Waals surface area contributed by atoms with Gasteiger partial charge in [-0.3, -0.25) is 14.4 Å². The molecule has 1 aliphatic rings. The SMILES string of the molecule is CN(C(=O)CC1SC(=O)N(c2cccc(O)c2)C1=O)c1ccccc1C(=O)O. The molecule has 144 valence electrons. The lowest BCUT2D eigenvalue weighted by atomic mass is 10.1. The molecule has 0 bridgehead atoms. The molecule has 1 unspecified atom stereocenters. The number of benzene rings is 2. The second kappa shape index (κ2) is 7.73. The quantitative estimate of drug-likeness (QED) is 0.793. The van der Waals surface area contributed by atoms with E-state index in [9.17, 15) is 29.4 Å². The molecule has 0 radical (unpaired) electrons. The lowest BCUT2D eigenvalue weighted by Crippen LogP contribution is -2.35. The minimum atomic E-state index is -1.17. The number of amides is 3. The van der Waals surface area contributed by atoms with E-state index in [1.807, 2.05) is 0 Å². The molecule has 3 rings (SSSR count). The van der Waals surface area contributed by atoms with E-state index in [0.717, 1.165) is 16.7 Å². The van der Waals surface area contributed by atoms with Crippen LogP contribution in [0.2, 0.25) is 0 Å². The number of carbonyl (C=O) groups is 4. The van der Waals surface area contributed by atoms with E-state index in [1.54, 1.807) is 12.1 Å². The summed E-state index contributed by atoms with van der Waals surface area (Å²) in [4.78, 5) is 50.9. The lowest BCUT2D eigenvalue weighted by molar-refractivity contribution is -0.122. The summed E-state index contributed by atoms with van der Waals surface area (Å²) in [5.74, 6) is -2.32. The van der Waals surface area contributed by atoms with Crippen molar-refractivity contribution in [1.29, 1.82) is 0 Å². The van der Waals surface area contributed by atoms with Gasteiger partial charge in [0.25, 0.3) is 5.24 Å². The standard InChI is InChI=1S/C19H16N2O6S/c1-20(14-8-3-2-7-13(14)18(25)26)16(23)10-15-17(24)21(19(27)28-15)11-5-4-6-12(22)9-11/h2-9,15,22H,10H2,1H3,(H,25,26). The first-order valence-corrected chi connectivity index (χ1v) is 9.10. The minimum Gasteiger partial charge on any atom is -0.508 e. The molecule has 0 saturated carbocycles. The van der Waals surface area contributed by atoms with Crippen LogP contribution in [0.4, 0.5) is 16.2 Å². The normalized spacial score (nSPS) is 16.3. The highest BCUT2D eigenvalue weighted by molar-refractivity contribution is 8.15. The molecule has 2 aromatic rings. The fraction of sp³-hybridized carbons (Fsp3) is 0.158. The van der Waals surface area contributed by atoms with Crippen LogP contribution in [0.25, 0.3) is 0 Å². The Morgan fingerprint density at radius 1 is 1.14 bits per heavy atom. The fourth-order valence-corrected chi connectivity index (χ4v) is 3.81. The fourth-order valence-electron chi connectivity index (χ4n) is 2.83. The van der Waals surface area contributed by atoms with E-state index in [0.29, 0.717) is 0 Å². The maximum Gasteiger partial charge on any atom is 0.337 e. The number of aromatic hydroxyl groups is 1. The topological polar surface area (TPSA) is 115 Å². The monoisotopic (exact) mass is 400 g/mol. The number of carboxylic acid groups (broad SMARTS) is 1. The first-order valence-electron chi connectivity index (χ1n) is 8.22. The van der Waals surface area contributed by atoms with E-state index < -0.39 is 28.3 Å². The van der Waals surface area contributed by atoms with E-state index in [1.165, 1.54) is 48.3 Å². The summed E-state index contributed by atoms with van der Waals surface area (Å²) in [7, 11) is 1.42. The third-order valence-corrected chi connectivity index (χ3v) is 5.28. The zero-order valence-electron chi connectivity index (χ0n) is 14.7. The molecule has 0 spiro atoms. The van der Waals surface area contributed by atoms with Gasteiger partial charge in [0.05, 0.1) is 16.9 Å². The summed E-state index contributed by atoms with van der Waals surface area (Å²) in [6, 6.07) is 11.7. The molecule has 2 aromatic carbocycles. The molecule has 1 atom stereocenters. The van der Waals surface area contributed by atoms with Crippen molar-refractivity contribution < 1.29 is 29.4 Å². The van der Waals surface area contributed by atoms with Gasteiger partial charge in [-0.1, -0.05) is 18.2 Å². The molecule has 28 heavy (non-hydrogen) atoms. The minimum absolute atomic E-state index is 0.0405. The molecule has 3 amide bonds. The Balaban J connectivity index is 1.77. The number of nitrogens with zero attached hydrogens (tertiary/aromatic N) is 2. The van der Waals surface area contributed by atoms with Crippen molar-refractivity contribution in [2.45, 2.75) is 11.7 Å². The van der Waals surface area contributed by atoms with Crippen LogP contribution in [-0.2, 0) is 9.59 Å². The van der Waals surface area contributed by atoms with Crippen molar-refractivity contribution in [3.05, 3.63) is 54.1 Å². The van der Waals surface area contributed by atoms with Gasteiger partial charge in [-0.15, -0.1) is 0 Å². The molecule has 1 saturated heterocycles. The number of phenolic OH excluding ortho intramolecular Hbond substituents is 1. The van der Waals surface area contributed by atoms with Crippen molar-refractivity contribution in [1.82, 2.24) is 0 Å². The van der Waals surface area contributed by atoms with Crippen molar-refractivity contribution in [2.24, 2.45) is 0 Å². The predicted molar refractivity (Wildman–Crippen MR) is 104 cm³/mol. The van der Waals surface area contributed by atoms with Crippen molar-refractivity contribution in [3.63, 3.8) is 0 Å². The third kappa shape index (κ3) is 3.70. The largest absolute Gasteiger partial charge is 0.508 e. The summed E-state index contributed by atoms with van der Waals surface area (Å²) in [5, 5.41) is 17.4. The maximum absolute atomic E-state index is 12.6. The van der Waals surface area contributed by atoms with Crippen LogP contribution in [0.3, 0.4) is 0 Å². The summed E-state index contributed by atoms with van der Waals surface area (Å²) in [6.45, 7) is 0. The number of rotatable bonds is 5. The van der Waals surface area contributed by atoms with Crippen LogP contribution in [0.15, 0.2) is 48.5 Å². The number of hydrogen-bond acceptors (Lipinski definition) is 6. The van der Waals surface area contributed by atoms with Crippen LogP contribution < -0.4 is 9.80 Å². The molecule has 1 aliphatic heterocycles. The predicted octanol–water partition coefficient (Wildman–Crippen LogP) is 2.71. The zero-order valence-corrected chi connectivity index (χ0v) is 15.5. The van der Waals surface area contributed by atoms with Crippen LogP contribution >= 0.6 is 11.8 Å². The van der Waals surface area contributed by atoms with Gasteiger partial charge in [0.2, 0.25) is 11.8 Å². The Hall–Kier alpha value is -3.33. The number of thioether (sulfide) groups is 1. The maximum atomic E-state index is 12.6. The van der Waals surface area contributed by atoms with Crippen molar-refractivity contribution in [3.8, 4) is 5.75 Å². The number of phenols is 1. The highest BCUT2D eigenvalue weighted by atomic mass is 32.2. The Morgan fingerprint density at radius 2 is 1.86 bits per heavy atom. The first kappa shape index (κ1) is 19.4. The van der Waals surface area contributed by atoms with Gasteiger partial charge in [-0.25, -0.2) is 9.69 Å². The molecule has 1 fully saturated rings. The van der Waals surface area contributed by atoms with E-state index in [4.69, 9.17) is 0 Å². The second-order valence-corrected chi connectivity index (χ2v) is 7.20. The number of anilines is 2. The average molecular weight is 400 g/mol. The highest BCUT2D eigenvalue weighted by Crippen LogP contribution is 2.35. The highest BCUT2D eigenvalue weighted by Gasteiger charge is 2.42. The summed E-state index contributed by atoms with van der Waals surface area (Å²) in [5.41, 5.74) is 0.384. The molecule has 9 heteroatoms. The molecule has 0 aliphatic carbocycles. The van der Waals surface area contributed by atoms with Gasteiger partial charge in [0, 0.05) is 19.5 Å². The van der Waals surface area contributed by atoms with Gasteiger partial charge in [0.1, 0.15) is 11.0 Å². The molecule has 2 N–H and O–H groups in total. The van der Waals surface area contributed by atoms with Crippen LogP contribution in [-0.4, -0.2) is 45.5 Å². The number of para-hydroxylation sites is 1. The number of carboxylic acids is 1. The summed E-state index contributed by atoms with van der Waals surface area (Å²) < 4.78 is 0. The summed E-state index contributed by atoms with van der Waals surface area (Å²) in [6.07, 6.45) is -0.269. The third-order valence-electron chi connectivity index (χ3n) is 4.24. The second-order valence-electron chi connectivity index (χ2n) is 6.05. The van der Waals surface area contributed by atoms with Crippen LogP contribution in [0.5, 0.6) is 5.75 Å². The molecule has 0 aromatic heterocycles. The van der Waals surface area contributed by atoms with E-state index >= 15 is 0 Å². The van der Waals surface area contributed by atoms with Crippen LogP contribution in [0, 0.1) is 0 Å². The molecule has 8 nitrogen and oxygen atoms in total. The number of carbonyl (C=O) groups excluding carboxylic acids is 3. The average Bonchev–Trinajstić information content (AvgIpc) is 2.94. The van der Waals surface area contributed by atoms with Gasteiger partial charge in [-0.05, 0) is 36.0 Å². The Morgan fingerprint density at radius 3 is 2.54 bits per heavy atom. The molecule has 1 heterocycles. The Kier molecular flexibility index (Phi) is 5.36. The smallest absolute Gasteiger partial charge is 0.337 e. The number of imide groups is 1. The van der Waals surface area contributed by atoms with Gasteiger partial charge >= 0.3 is 5.97 Å². The van der Waals surface area contributed by atoms with Gasteiger partial charge in [-0.2, -0.15) is 0 Å². The summed E-state index contributed by atoms with van der Waals surface area (Å²) >= 11 is 0.726. The van der Waals surface area contributed by atoms with Crippen LogP contribution in [0.1, 0.15) is 16.8 Å². The molecular weight excluding hydrogens is 384 g/mol. The van der Waals surface area contributed by atoms with Crippen molar-refractivity contribution in [2.75, 3.05) is 16.8 Å². The lowest BCUT2D eigenvalue weighted by Gasteiger charge is -2.20. The molecular formula is C19H16N2O6S. The Bertz CT molecular complexity index is 976.